The summed E-state index contributed by atoms with van der Waals surface area (Å²) in [6.45, 7) is 5.55. The van der Waals surface area contributed by atoms with Crippen LogP contribution in [0.2, 0.25) is 0 Å². The van der Waals surface area contributed by atoms with Crippen molar-refractivity contribution in [1.82, 2.24) is 29.7 Å². The molecule has 0 saturated carbocycles. The zero-order chi connectivity index (χ0) is 23.1. The topological polar surface area (TPSA) is 102 Å². The van der Waals surface area contributed by atoms with E-state index in [4.69, 9.17) is 5.73 Å². The van der Waals surface area contributed by atoms with Crippen LogP contribution in [0, 0.1) is 0 Å². The van der Waals surface area contributed by atoms with E-state index in [2.05, 4.69) is 37.5 Å². The first kappa shape index (κ1) is 20.8. The Kier molecular flexibility index (Phi) is 5.14. The normalized spacial score (nSPS) is 15.7. The van der Waals surface area contributed by atoms with Gasteiger partial charge in [0.1, 0.15) is 17.8 Å². The molecule has 0 aliphatic carbocycles. The van der Waals surface area contributed by atoms with Crippen molar-refractivity contribution in [1.29, 1.82) is 0 Å². The number of benzene rings is 1. The molecule has 0 bridgehead atoms. The van der Waals surface area contributed by atoms with Crippen molar-refractivity contribution in [2.75, 3.05) is 26.4 Å². The molecule has 8 heteroatoms. The SMILES string of the molecule is C=C1c2c(-c3cnc4ccccc4c3)c3c(N)ncnc3n2CC1NC(=O)C=CCN(C)C. The Morgan fingerprint density at radius 1 is 1.30 bits per heavy atom. The Morgan fingerprint density at radius 2 is 2.12 bits per heavy atom. The van der Waals surface area contributed by atoms with E-state index in [0.717, 1.165) is 44.3 Å². The number of nitrogens with one attached hydrogen (secondary N) is 1. The van der Waals surface area contributed by atoms with Gasteiger partial charge in [0.05, 0.1) is 22.6 Å². The first-order valence-electron chi connectivity index (χ1n) is 10.7. The molecule has 33 heavy (non-hydrogen) atoms. The van der Waals surface area contributed by atoms with Crippen molar-refractivity contribution in [2.24, 2.45) is 0 Å². The van der Waals surface area contributed by atoms with Gasteiger partial charge in [0.15, 0.2) is 0 Å². The fraction of sp³-hybridized carbons (Fsp3) is 0.200. The van der Waals surface area contributed by atoms with Gasteiger partial charge in [-0.2, -0.15) is 0 Å². The van der Waals surface area contributed by atoms with Gasteiger partial charge in [-0.15, -0.1) is 0 Å². The maximum atomic E-state index is 12.5. The Hall–Kier alpha value is -4.04. The molecule has 8 nitrogen and oxygen atoms in total. The molecule has 0 radical (unpaired) electrons. The Morgan fingerprint density at radius 3 is 2.94 bits per heavy atom. The third-order valence-electron chi connectivity index (χ3n) is 5.89. The number of carbonyl (C=O) groups excluding carboxylic acids is 1. The largest absolute Gasteiger partial charge is 0.383 e. The van der Waals surface area contributed by atoms with E-state index in [1.165, 1.54) is 6.33 Å². The van der Waals surface area contributed by atoms with Gasteiger partial charge in [-0.3, -0.25) is 9.78 Å². The van der Waals surface area contributed by atoms with Gasteiger partial charge in [0, 0.05) is 41.9 Å². The molecule has 4 aromatic rings. The fourth-order valence-corrected chi connectivity index (χ4v) is 4.37. The third kappa shape index (κ3) is 3.64. The zero-order valence-corrected chi connectivity index (χ0v) is 18.6. The number of likely N-dealkylation sites (N-methyl/N-ethyl adjacent to an activating group) is 1. The quantitative estimate of drug-likeness (QED) is 0.464. The molecule has 1 unspecified atom stereocenters. The zero-order valence-electron chi connectivity index (χ0n) is 18.6. The van der Waals surface area contributed by atoms with E-state index in [1.54, 1.807) is 6.08 Å². The molecule has 4 heterocycles. The molecule has 1 amide bonds. The minimum Gasteiger partial charge on any atom is -0.383 e. The summed E-state index contributed by atoms with van der Waals surface area (Å²) in [6.07, 6.45) is 6.70. The molecule has 166 valence electrons. The van der Waals surface area contributed by atoms with Gasteiger partial charge in [-0.1, -0.05) is 30.9 Å². The second kappa shape index (κ2) is 8.14. The number of aromatic nitrogens is 4. The van der Waals surface area contributed by atoms with Crippen LogP contribution in [0.4, 0.5) is 5.82 Å². The summed E-state index contributed by atoms with van der Waals surface area (Å²) in [5.74, 6) is 0.256. The van der Waals surface area contributed by atoms with E-state index in [-0.39, 0.29) is 11.9 Å². The third-order valence-corrected chi connectivity index (χ3v) is 5.89. The van der Waals surface area contributed by atoms with Crippen LogP contribution in [0.15, 0.2) is 61.6 Å². The first-order valence-corrected chi connectivity index (χ1v) is 10.7. The molecule has 1 atom stereocenters. The summed E-state index contributed by atoms with van der Waals surface area (Å²) in [5, 5.41) is 4.87. The van der Waals surface area contributed by atoms with Crippen LogP contribution in [0.1, 0.15) is 5.69 Å². The fourth-order valence-electron chi connectivity index (χ4n) is 4.37. The van der Waals surface area contributed by atoms with Gasteiger partial charge in [-0.05, 0) is 31.8 Å². The number of fused-ring (bicyclic) bond motifs is 4. The van der Waals surface area contributed by atoms with Crippen LogP contribution < -0.4 is 11.1 Å². The van der Waals surface area contributed by atoms with Crippen LogP contribution in [0.3, 0.4) is 0 Å². The number of para-hydroxylation sites is 1. The van der Waals surface area contributed by atoms with Crippen molar-refractivity contribution in [2.45, 2.75) is 12.6 Å². The molecule has 1 aliphatic rings. The predicted octanol–water partition coefficient (Wildman–Crippen LogP) is 2.86. The van der Waals surface area contributed by atoms with E-state index < -0.39 is 0 Å². The van der Waals surface area contributed by atoms with Gasteiger partial charge in [0.2, 0.25) is 5.91 Å². The van der Waals surface area contributed by atoms with Crippen molar-refractivity contribution < 1.29 is 4.79 Å². The summed E-state index contributed by atoms with van der Waals surface area (Å²) < 4.78 is 2.06. The summed E-state index contributed by atoms with van der Waals surface area (Å²) in [5.41, 5.74) is 11.5. The van der Waals surface area contributed by atoms with Crippen molar-refractivity contribution in [3.63, 3.8) is 0 Å². The molecule has 0 fully saturated rings. The average molecular weight is 440 g/mol. The maximum absolute atomic E-state index is 12.5. The second-order valence-corrected chi connectivity index (χ2v) is 8.46. The van der Waals surface area contributed by atoms with Crippen LogP contribution >= 0.6 is 0 Å². The molecular weight excluding hydrogens is 414 g/mol. The monoisotopic (exact) mass is 439 g/mol. The molecule has 3 N–H and O–H groups in total. The molecule has 1 aliphatic heterocycles. The van der Waals surface area contributed by atoms with Gasteiger partial charge < -0.3 is 20.5 Å². The van der Waals surface area contributed by atoms with E-state index in [9.17, 15) is 4.79 Å². The lowest BCUT2D eigenvalue weighted by molar-refractivity contribution is -0.116. The standard InChI is InChI=1S/C25H25N7O/c1-15-19(30-20(33)9-6-10-31(2)3)13-32-23(15)21(22-24(26)28-14-29-25(22)32)17-11-16-7-4-5-8-18(16)27-12-17/h4-9,11-12,14,19H,1,10,13H2,2-3H3,(H,30,33)(H2,26,28,29). The smallest absolute Gasteiger partial charge is 0.244 e. The van der Waals surface area contributed by atoms with Crippen LogP contribution in [0.25, 0.3) is 38.6 Å². The summed E-state index contributed by atoms with van der Waals surface area (Å²) in [4.78, 5) is 27.9. The van der Waals surface area contributed by atoms with Gasteiger partial charge >= 0.3 is 0 Å². The highest BCUT2D eigenvalue weighted by molar-refractivity contribution is 6.08. The van der Waals surface area contributed by atoms with Crippen LogP contribution in [0.5, 0.6) is 0 Å². The molecule has 0 saturated heterocycles. The second-order valence-electron chi connectivity index (χ2n) is 8.46. The van der Waals surface area contributed by atoms with Gasteiger partial charge in [0.25, 0.3) is 0 Å². The number of pyridine rings is 1. The Labute approximate surface area is 191 Å². The number of rotatable bonds is 5. The summed E-state index contributed by atoms with van der Waals surface area (Å²) in [7, 11) is 3.91. The van der Waals surface area contributed by atoms with E-state index in [0.29, 0.717) is 18.9 Å². The van der Waals surface area contributed by atoms with E-state index >= 15 is 0 Å². The molecule has 5 rings (SSSR count). The Bertz CT molecular complexity index is 1430. The highest BCUT2D eigenvalue weighted by Gasteiger charge is 2.34. The van der Waals surface area contributed by atoms with Crippen molar-refractivity contribution in [3.8, 4) is 11.1 Å². The lowest BCUT2D eigenvalue weighted by atomic mass is 9.98. The number of hydrogen-bond acceptors (Lipinski definition) is 6. The average Bonchev–Trinajstić information content (AvgIpc) is 3.28. The molecule has 0 spiro atoms. The maximum Gasteiger partial charge on any atom is 0.244 e. The highest BCUT2D eigenvalue weighted by Crippen LogP contribution is 2.44. The number of nitrogens with zero attached hydrogens (tertiary/aromatic N) is 5. The number of hydrogen-bond donors (Lipinski definition) is 2. The number of anilines is 1. The lowest BCUT2D eigenvalue weighted by Crippen LogP contribution is -2.34. The number of amides is 1. The van der Waals surface area contributed by atoms with E-state index in [1.807, 2.05) is 55.5 Å². The van der Waals surface area contributed by atoms with Crippen LogP contribution in [-0.2, 0) is 11.3 Å². The molecular formula is C25H25N7O. The number of nitrogen functional groups attached to an aromatic ring is 1. The highest BCUT2D eigenvalue weighted by atomic mass is 16.1. The van der Waals surface area contributed by atoms with Crippen molar-refractivity contribution in [3.05, 3.63) is 67.3 Å². The van der Waals surface area contributed by atoms with Gasteiger partial charge in [-0.25, -0.2) is 9.97 Å². The molecule has 3 aromatic heterocycles. The summed E-state index contributed by atoms with van der Waals surface area (Å²) in [6, 6.07) is 9.81. The van der Waals surface area contributed by atoms with Crippen LogP contribution in [-0.4, -0.2) is 57.0 Å². The molecule has 1 aromatic carbocycles. The minimum atomic E-state index is -0.246. The number of nitrogens with two attached hydrogens (primary N) is 1. The van der Waals surface area contributed by atoms with Crippen molar-refractivity contribution >= 4 is 39.2 Å². The number of carbonyl (C=O) groups is 1. The minimum absolute atomic E-state index is 0.152. The predicted molar refractivity (Wildman–Crippen MR) is 131 cm³/mol. The summed E-state index contributed by atoms with van der Waals surface area (Å²) >= 11 is 0. The Balaban J connectivity index is 1.58. The first-order chi connectivity index (χ1) is 15.9. The lowest BCUT2D eigenvalue weighted by Gasteiger charge is -2.14.